The Kier molecular flexibility index (Phi) is 4.56. The van der Waals surface area contributed by atoms with Crippen molar-refractivity contribution in [2.75, 3.05) is 24.5 Å². The van der Waals surface area contributed by atoms with Crippen LogP contribution in [0.25, 0.3) is 11.1 Å². The van der Waals surface area contributed by atoms with E-state index in [2.05, 4.69) is 26.0 Å². The number of quaternary nitrogens is 1. The van der Waals surface area contributed by atoms with Gasteiger partial charge in [-0.05, 0) is 39.2 Å². The number of likely N-dealkylation sites (tertiary alicyclic amines) is 1. The molecule has 0 spiro atoms. The van der Waals surface area contributed by atoms with E-state index in [0.29, 0.717) is 6.54 Å². The molecule has 0 unspecified atom stereocenters. The van der Waals surface area contributed by atoms with Gasteiger partial charge in [0.25, 0.3) is 5.91 Å². The van der Waals surface area contributed by atoms with Crippen molar-refractivity contribution in [3.8, 4) is 11.1 Å². The topological polar surface area (TPSA) is 24.8 Å². The van der Waals surface area contributed by atoms with Crippen LogP contribution in [0.15, 0.2) is 24.3 Å². The highest BCUT2D eigenvalue weighted by molar-refractivity contribution is 7.80. The van der Waals surface area contributed by atoms with Crippen LogP contribution in [0.4, 0.5) is 5.69 Å². The Bertz CT molecular complexity index is 862. The lowest BCUT2D eigenvalue weighted by Gasteiger charge is -2.43. The first-order chi connectivity index (χ1) is 12.0. The standard InChI is InChI=1S/C19H22N2OS3/c1-19(2)17-16(18(23)25-24-17)13-8-4-5-9-14(13)21(19)15(22)12-20-10-6-3-7-11-20/h4-5,8-9H,3,6-7,10-12H2,1-2H3/p+1. The van der Waals surface area contributed by atoms with Crippen molar-refractivity contribution in [2.24, 2.45) is 0 Å². The van der Waals surface area contributed by atoms with Crippen LogP contribution in [0.2, 0.25) is 0 Å². The molecule has 2 aromatic rings. The number of nitrogens with one attached hydrogen (secondary N) is 1. The summed E-state index contributed by atoms with van der Waals surface area (Å²) in [5, 5.41) is 0. The molecule has 0 radical (unpaired) electrons. The number of rotatable bonds is 2. The number of fused-ring (bicyclic) bond motifs is 3. The van der Waals surface area contributed by atoms with Crippen LogP contribution in [0.1, 0.15) is 38.0 Å². The van der Waals surface area contributed by atoms with Crippen molar-refractivity contribution < 1.29 is 9.69 Å². The molecule has 1 amide bonds. The maximum Gasteiger partial charge on any atom is 0.282 e. The van der Waals surface area contributed by atoms with Gasteiger partial charge in [-0.25, -0.2) is 0 Å². The molecule has 3 heterocycles. The van der Waals surface area contributed by atoms with E-state index in [1.165, 1.54) is 34.6 Å². The van der Waals surface area contributed by atoms with E-state index in [4.69, 9.17) is 12.2 Å². The van der Waals surface area contributed by atoms with Gasteiger partial charge in [0.15, 0.2) is 6.54 Å². The SMILES string of the molecule is CC1(C)c2ssc(=S)c2-c2ccccc2N1C(=O)C[NH+]1CCCCC1. The number of amides is 1. The van der Waals surface area contributed by atoms with Gasteiger partial charge in [-0.1, -0.05) is 51.1 Å². The van der Waals surface area contributed by atoms with E-state index >= 15 is 0 Å². The minimum absolute atomic E-state index is 0.226. The van der Waals surface area contributed by atoms with Crippen LogP contribution in [-0.4, -0.2) is 25.5 Å². The Morgan fingerprint density at radius 1 is 1.20 bits per heavy atom. The number of anilines is 1. The molecule has 6 heteroatoms. The van der Waals surface area contributed by atoms with Gasteiger partial charge < -0.3 is 4.90 Å². The van der Waals surface area contributed by atoms with E-state index in [1.807, 2.05) is 17.0 Å². The van der Waals surface area contributed by atoms with E-state index < -0.39 is 0 Å². The summed E-state index contributed by atoms with van der Waals surface area (Å²) in [5.41, 5.74) is 2.94. The Hall–Kier alpha value is -1.08. The van der Waals surface area contributed by atoms with Gasteiger partial charge in [-0.3, -0.25) is 9.69 Å². The zero-order valence-corrected chi connectivity index (χ0v) is 17.1. The molecule has 25 heavy (non-hydrogen) atoms. The highest BCUT2D eigenvalue weighted by atomic mass is 32.9. The Labute approximate surface area is 161 Å². The van der Waals surface area contributed by atoms with Crippen LogP contribution in [0.5, 0.6) is 0 Å². The quantitative estimate of drug-likeness (QED) is 0.621. The summed E-state index contributed by atoms with van der Waals surface area (Å²) in [6.45, 7) is 7.13. The summed E-state index contributed by atoms with van der Waals surface area (Å²) in [7, 11) is 3.38. The molecule has 3 nitrogen and oxygen atoms in total. The lowest BCUT2D eigenvalue weighted by atomic mass is 9.87. The van der Waals surface area contributed by atoms with Crippen molar-refractivity contribution in [1.82, 2.24) is 0 Å². The van der Waals surface area contributed by atoms with Gasteiger partial charge in [0.1, 0.15) is 3.82 Å². The average Bonchev–Trinajstić information content (AvgIpc) is 2.99. The van der Waals surface area contributed by atoms with Crippen molar-refractivity contribution in [1.29, 1.82) is 0 Å². The molecule has 2 aliphatic heterocycles. The van der Waals surface area contributed by atoms with Gasteiger partial charge in [-0.2, -0.15) is 0 Å². The fourth-order valence-electron chi connectivity index (χ4n) is 4.15. The molecule has 0 aliphatic carbocycles. The lowest BCUT2D eigenvalue weighted by Crippen LogP contribution is -3.14. The predicted octanol–water partition coefficient (Wildman–Crippen LogP) is 3.86. The first-order valence-electron chi connectivity index (χ1n) is 8.90. The summed E-state index contributed by atoms with van der Waals surface area (Å²) in [5.74, 6) is 0.226. The van der Waals surface area contributed by atoms with Gasteiger partial charge in [-0.15, -0.1) is 0 Å². The van der Waals surface area contributed by atoms with Crippen LogP contribution in [0, 0.1) is 3.82 Å². The first kappa shape index (κ1) is 17.3. The van der Waals surface area contributed by atoms with Crippen molar-refractivity contribution in [3.05, 3.63) is 33.0 Å². The van der Waals surface area contributed by atoms with Crippen molar-refractivity contribution >= 4 is 44.5 Å². The molecular formula is C19H23N2OS3+. The van der Waals surface area contributed by atoms with E-state index in [-0.39, 0.29) is 11.4 Å². The molecule has 1 saturated heterocycles. The second-order valence-corrected chi connectivity index (χ2v) is 10.3. The molecular weight excluding hydrogens is 368 g/mol. The van der Waals surface area contributed by atoms with Gasteiger partial charge >= 0.3 is 0 Å². The number of benzene rings is 1. The summed E-state index contributed by atoms with van der Waals surface area (Å²) in [6, 6.07) is 8.23. The molecule has 1 aromatic carbocycles. The summed E-state index contributed by atoms with van der Waals surface area (Å²) < 4.78 is 0.939. The number of para-hydroxylation sites is 1. The Morgan fingerprint density at radius 3 is 2.68 bits per heavy atom. The fraction of sp³-hybridized carbons (Fsp3) is 0.474. The number of piperidine rings is 1. The van der Waals surface area contributed by atoms with Crippen molar-refractivity contribution in [2.45, 2.75) is 38.6 Å². The highest BCUT2D eigenvalue weighted by Gasteiger charge is 2.43. The largest absolute Gasteiger partial charge is 0.327 e. The molecule has 0 atom stereocenters. The van der Waals surface area contributed by atoms with E-state index in [9.17, 15) is 4.79 Å². The smallest absolute Gasteiger partial charge is 0.282 e. The van der Waals surface area contributed by atoms with Crippen LogP contribution < -0.4 is 9.80 Å². The van der Waals surface area contributed by atoms with Gasteiger partial charge in [0.2, 0.25) is 0 Å². The van der Waals surface area contributed by atoms with Gasteiger partial charge in [0, 0.05) is 11.1 Å². The molecule has 1 N–H and O–H groups in total. The summed E-state index contributed by atoms with van der Waals surface area (Å²) in [6.07, 6.45) is 3.77. The molecule has 1 aromatic heterocycles. The zero-order valence-electron chi connectivity index (χ0n) is 14.6. The molecule has 132 valence electrons. The highest BCUT2D eigenvalue weighted by Crippen LogP contribution is 2.51. The third kappa shape index (κ3) is 2.89. The number of hydrogen-bond acceptors (Lipinski definition) is 4. The number of nitrogens with zero attached hydrogens (tertiary/aromatic N) is 1. The second-order valence-electron chi connectivity index (χ2n) is 7.45. The number of carbonyl (C=O) groups excluding carboxylic acids is 1. The Morgan fingerprint density at radius 2 is 1.92 bits per heavy atom. The number of carbonyl (C=O) groups is 1. The Balaban J connectivity index is 1.77. The van der Waals surface area contributed by atoms with Crippen LogP contribution in [-0.2, 0) is 10.3 Å². The zero-order chi connectivity index (χ0) is 17.6. The van der Waals surface area contributed by atoms with Gasteiger partial charge in [0.05, 0.1) is 29.2 Å². The monoisotopic (exact) mass is 391 g/mol. The average molecular weight is 392 g/mol. The molecule has 2 aliphatic rings. The maximum absolute atomic E-state index is 13.3. The lowest BCUT2D eigenvalue weighted by molar-refractivity contribution is -0.896. The summed E-state index contributed by atoms with van der Waals surface area (Å²) >= 11 is 5.61. The molecule has 1 fully saturated rings. The molecule has 0 bridgehead atoms. The van der Waals surface area contributed by atoms with E-state index in [0.717, 1.165) is 28.2 Å². The van der Waals surface area contributed by atoms with E-state index in [1.54, 1.807) is 20.7 Å². The normalized spacial score (nSPS) is 19.4. The minimum Gasteiger partial charge on any atom is -0.327 e. The minimum atomic E-state index is -0.353. The third-order valence-corrected chi connectivity index (χ3v) is 8.70. The number of hydrogen-bond donors (Lipinski definition) is 1. The first-order valence-corrected chi connectivity index (χ1v) is 11.5. The maximum atomic E-state index is 13.3. The van der Waals surface area contributed by atoms with Crippen LogP contribution >= 0.6 is 32.9 Å². The molecule has 4 rings (SSSR count). The molecule has 0 saturated carbocycles. The van der Waals surface area contributed by atoms with Crippen molar-refractivity contribution in [3.63, 3.8) is 0 Å². The fourth-order valence-corrected chi connectivity index (χ4v) is 7.43. The summed E-state index contributed by atoms with van der Waals surface area (Å²) in [4.78, 5) is 18.0. The second kappa shape index (κ2) is 6.58. The predicted molar refractivity (Wildman–Crippen MR) is 108 cm³/mol. The third-order valence-electron chi connectivity index (χ3n) is 5.37. The van der Waals surface area contributed by atoms with Crippen LogP contribution in [0.3, 0.4) is 0 Å².